The van der Waals surface area contributed by atoms with Gasteiger partial charge >= 0.3 is 5.97 Å². The molecule has 96 valence electrons. The van der Waals surface area contributed by atoms with Crippen LogP contribution >= 0.6 is 11.6 Å². The maximum absolute atomic E-state index is 11.6. The topological polar surface area (TPSA) is 107 Å². The molecule has 1 atom stereocenters. The van der Waals surface area contributed by atoms with E-state index in [0.717, 1.165) is 6.07 Å². The molecule has 0 saturated carbocycles. The molecular formula is C10H9ClN2O4S. The van der Waals surface area contributed by atoms with E-state index in [4.69, 9.17) is 22.0 Å². The molecule has 0 fully saturated rings. The van der Waals surface area contributed by atoms with Gasteiger partial charge in [0, 0.05) is 0 Å². The number of anilines is 1. The van der Waals surface area contributed by atoms with Gasteiger partial charge in [-0.05, 0) is 25.1 Å². The van der Waals surface area contributed by atoms with Crippen LogP contribution < -0.4 is 4.72 Å². The summed E-state index contributed by atoms with van der Waals surface area (Å²) in [6.45, 7) is 1.22. The van der Waals surface area contributed by atoms with E-state index in [1.54, 1.807) is 6.07 Å². The summed E-state index contributed by atoms with van der Waals surface area (Å²) in [6, 6.07) is 5.15. The van der Waals surface area contributed by atoms with Crippen LogP contribution in [0.3, 0.4) is 0 Å². The van der Waals surface area contributed by atoms with Crippen molar-refractivity contribution in [2.24, 2.45) is 0 Å². The van der Waals surface area contributed by atoms with Gasteiger partial charge in [-0.15, -0.1) is 0 Å². The molecule has 0 bridgehead atoms. The number of nitrogens with zero attached hydrogens (tertiary/aromatic N) is 1. The molecule has 8 heteroatoms. The molecular weight excluding hydrogens is 280 g/mol. The van der Waals surface area contributed by atoms with Crippen molar-refractivity contribution in [1.29, 1.82) is 5.26 Å². The molecule has 0 aliphatic carbocycles. The van der Waals surface area contributed by atoms with Crippen LogP contribution in [0.2, 0.25) is 5.02 Å². The van der Waals surface area contributed by atoms with Crippen LogP contribution in [0.4, 0.5) is 5.69 Å². The number of aromatic carboxylic acids is 1. The van der Waals surface area contributed by atoms with E-state index in [2.05, 4.69) is 4.72 Å². The average Bonchev–Trinajstić information content (AvgIpc) is 2.30. The number of benzene rings is 1. The fraction of sp³-hybridized carbons (Fsp3) is 0.200. The van der Waals surface area contributed by atoms with Crippen molar-refractivity contribution in [3.63, 3.8) is 0 Å². The third kappa shape index (κ3) is 3.12. The Morgan fingerprint density at radius 1 is 1.56 bits per heavy atom. The minimum Gasteiger partial charge on any atom is -0.478 e. The molecule has 1 unspecified atom stereocenters. The zero-order valence-electron chi connectivity index (χ0n) is 9.21. The number of sulfonamides is 1. The SMILES string of the molecule is CC(C#N)S(=O)(=O)Nc1ccc(C(=O)O)cc1Cl. The minimum absolute atomic E-state index is 0.0313. The average molecular weight is 289 g/mol. The lowest BCUT2D eigenvalue weighted by molar-refractivity contribution is 0.0697. The van der Waals surface area contributed by atoms with Crippen molar-refractivity contribution in [3.8, 4) is 6.07 Å². The van der Waals surface area contributed by atoms with E-state index in [1.165, 1.54) is 19.1 Å². The smallest absolute Gasteiger partial charge is 0.335 e. The van der Waals surface area contributed by atoms with Gasteiger partial charge in [-0.25, -0.2) is 13.2 Å². The van der Waals surface area contributed by atoms with Crippen molar-refractivity contribution < 1.29 is 18.3 Å². The first-order valence-electron chi connectivity index (χ1n) is 4.72. The highest BCUT2D eigenvalue weighted by atomic mass is 35.5. The number of hydrogen-bond acceptors (Lipinski definition) is 4. The standard InChI is InChI=1S/C10H9ClN2O4S/c1-6(5-12)18(16,17)13-9-3-2-7(10(14)15)4-8(9)11/h2-4,6,13H,1H3,(H,14,15). The number of rotatable bonds is 4. The largest absolute Gasteiger partial charge is 0.478 e. The highest BCUT2D eigenvalue weighted by molar-refractivity contribution is 7.93. The molecule has 1 aromatic rings. The van der Waals surface area contributed by atoms with Crippen LogP contribution in [-0.2, 0) is 10.0 Å². The van der Waals surface area contributed by atoms with Crippen molar-refractivity contribution in [2.45, 2.75) is 12.2 Å². The van der Waals surface area contributed by atoms with Gasteiger partial charge in [0.05, 0.1) is 22.3 Å². The molecule has 6 nitrogen and oxygen atoms in total. The molecule has 0 aromatic heterocycles. The highest BCUT2D eigenvalue weighted by Crippen LogP contribution is 2.24. The van der Waals surface area contributed by atoms with Crippen LogP contribution in [0.1, 0.15) is 17.3 Å². The lowest BCUT2D eigenvalue weighted by Crippen LogP contribution is -2.24. The molecule has 0 saturated heterocycles. The van der Waals surface area contributed by atoms with E-state index >= 15 is 0 Å². The normalized spacial score (nSPS) is 12.5. The number of hydrogen-bond donors (Lipinski definition) is 2. The molecule has 2 N–H and O–H groups in total. The Hall–Kier alpha value is -1.78. The Balaban J connectivity index is 3.08. The van der Waals surface area contributed by atoms with Gasteiger partial charge in [0.15, 0.2) is 5.25 Å². The van der Waals surface area contributed by atoms with Crippen LogP contribution in [0, 0.1) is 11.3 Å². The Bertz CT molecular complexity index is 621. The maximum Gasteiger partial charge on any atom is 0.335 e. The maximum atomic E-state index is 11.6. The molecule has 0 heterocycles. The van der Waals surface area contributed by atoms with Gasteiger partial charge < -0.3 is 5.11 Å². The zero-order chi connectivity index (χ0) is 13.9. The lowest BCUT2D eigenvalue weighted by Gasteiger charge is -2.10. The predicted molar refractivity (Wildman–Crippen MR) is 66.0 cm³/mol. The summed E-state index contributed by atoms with van der Waals surface area (Å²) < 4.78 is 25.3. The molecule has 1 aromatic carbocycles. The van der Waals surface area contributed by atoms with Crippen molar-refractivity contribution in [3.05, 3.63) is 28.8 Å². The third-order valence-corrected chi connectivity index (χ3v) is 3.97. The summed E-state index contributed by atoms with van der Waals surface area (Å²) in [4.78, 5) is 10.7. The van der Waals surface area contributed by atoms with Crippen LogP contribution in [-0.4, -0.2) is 24.7 Å². The minimum atomic E-state index is -3.86. The second-order valence-corrected chi connectivity index (χ2v) is 5.83. The second kappa shape index (κ2) is 5.25. The first-order valence-corrected chi connectivity index (χ1v) is 6.64. The summed E-state index contributed by atoms with van der Waals surface area (Å²) in [7, 11) is -3.86. The molecule has 1 rings (SSSR count). The first kappa shape index (κ1) is 14.3. The monoisotopic (exact) mass is 288 g/mol. The fourth-order valence-corrected chi connectivity index (χ4v) is 2.13. The van der Waals surface area contributed by atoms with Gasteiger partial charge in [0.25, 0.3) is 0 Å². The Morgan fingerprint density at radius 3 is 2.61 bits per heavy atom. The number of carboxylic acids is 1. The zero-order valence-corrected chi connectivity index (χ0v) is 10.8. The third-order valence-electron chi connectivity index (χ3n) is 2.12. The number of nitriles is 1. The van der Waals surface area contributed by atoms with Gasteiger partial charge in [-0.3, -0.25) is 4.72 Å². The fourth-order valence-electron chi connectivity index (χ4n) is 1.04. The molecule has 0 aliphatic heterocycles. The van der Waals surface area contributed by atoms with Gasteiger partial charge in [0.1, 0.15) is 0 Å². The number of carboxylic acid groups (broad SMARTS) is 1. The predicted octanol–water partition coefficient (Wildman–Crippen LogP) is 1.69. The van der Waals surface area contributed by atoms with E-state index in [-0.39, 0.29) is 16.3 Å². The van der Waals surface area contributed by atoms with Gasteiger partial charge in [-0.1, -0.05) is 11.6 Å². The molecule has 0 radical (unpaired) electrons. The molecule has 0 spiro atoms. The summed E-state index contributed by atoms with van der Waals surface area (Å²) in [5.74, 6) is -1.17. The quantitative estimate of drug-likeness (QED) is 0.876. The second-order valence-electron chi connectivity index (χ2n) is 3.42. The van der Waals surface area contributed by atoms with Crippen molar-refractivity contribution >= 4 is 33.3 Å². The summed E-state index contributed by atoms with van der Waals surface area (Å²) in [5, 5.41) is 16.0. The van der Waals surface area contributed by atoms with E-state index in [9.17, 15) is 13.2 Å². The number of nitrogens with one attached hydrogen (secondary N) is 1. The lowest BCUT2D eigenvalue weighted by atomic mass is 10.2. The van der Waals surface area contributed by atoms with Crippen LogP contribution in [0.25, 0.3) is 0 Å². The number of halogens is 1. The van der Waals surface area contributed by atoms with E-state index in [1.807, 2.05) is 0 Å². The number of carbonyl (C=O) groups is 1. The van der Waals surface area contributed by atoms with E-state index < -0.39 is 21.2 Å². The summed E-state index contributed by atoms with van der Waals surface area (Å²) >= 11 is 5.75. The molecule has 0 amide bonds. The summed E-state index contributed by atoms with van der Waals surface area (Å²) in [6.07, 6.45) is 0. The van der Waals surface area contributed by atoms with Gasteiger partial charge in [0.2, 0.25) is 10.0 Å². The Morgan fingerprint density at radius 2 is 2.17 bits per heavy atom. The highest BCUT2D eigenvalue weighted by Gasteiger charge is 2.21. The first-order chi connectivity index (χ1) is 8.27. The Labute approximate surface area is 109 Å². The molecule has 18 heavy (non-hydrogen) atoms. The van der Waals surface area contributed by atoms with Crippen LogP contribution in [0.15, 0.2) is 18.2 Å². The summed E-state index contributed by atoms with van der Waals surface area (Å²) in [5.41, 5.74) is -0.0277. The van der Waals surface area contributed by atoms with Crippen molar-refractivity contribution in [2.75, 3.05) is 4.72 Å². The van der Waals surface area contributed by atoms with E-state index in [0.29, 0.717) is 0 Å². The van der Waals surface area contributed by atoms with Gasteiger partial charge in [-0.2, -0.15) is 5.26 Å². The van der Waals surface area contributed by atoms with Crippen LogP contribution in [0.5, 0.6) is 0 Å². The molecule has 0 aliphatic rings. The Kier molecular flexibility index (Phi) is 4.16. The van der Waals surface area contributed by atoms with Crippen molar-refractivity contribution in [1.82, 2.24) is 0 Å².